The molecule has 0 spiro atoms. The van der Waals surface area contributed by atoms with E-state index in [0.717, 1.165) is 41.4 Å². The summed E-state index contributed by atoms with van der Waals surface area (Å²) in [5.41, 5.74) is 9.65. The molecule has 3 aromatic rings. The molecule has 1 fully saturated rings. The van der Waals surface area contributed by atoms with Crippen molar-refractivity contribution >= 4 is 0 Å². The first kappa shape index (κ1) is 19.1. The maximum absolute atomic E-state index is 8.87. The van der Waals surface area contributed by atoms with Crippen LogP contribution in [0.4, 0.5) is 0 Å². The number of nitrogens with one attached hydrogen (secondary N) is 2. The van der Waals surface area contributed by atoms with Crippen molar-refractivity contribution in [1.29, 1.82) is 5.26 Å². The number of H-pyrrole nitrogens is 1. The molecule has 1 saturated carbocycles. The van der Waals surface area contributed by atoms with Gasteiger partial charge >= 0.3 is 0 Å². The lowest BCUT2D eigenvalue weighted by molar-refractivity contribution is 0.306. The minimum absolute atomic E-state index is 0.446. The fraction of sp³-hybridized carbons (Fsp3) is 0.385. The number of benzene rings is 2. The average Bonchev–Trinajstić information content (AvgIpc) is 3.33. The molecule has 0 radical (unpaired) electrons. The molecule has 0 bridgehead atoms. The molecule has 5 rings (SSSR count). The van der Waals surface area contributed by atoms with Gasteiger partial charge in [0.25, 0.3) is 0 Å². The zero-order chi connectivity index (χ0) is 20.5. The fourth-order valence-corrected chi connectivity index (χ4v) is 4.93. The average molecular weight is 397 g/mol. The first-order valence-electron chi connectivity index (χ1n) is 11.1. The van der Waals surface area contributed by atoms with Gasteiger partial charge in [0.15, 0.2) is 0 Å². The van der Waals surface area contributed by atoms with E-state index in [1.807, 2.05) is 12.1 Å². The van der Waals surface area contributed by atoms with E-state index in [1.165, 1.54) is 47.9 Å². The van der Waals surface area contributed by atoms with Gasteiger partial charge in [-0.15, -0.1) is 0 Å². The first-order chi connectivity index (χ1) is 14.7. The molecule has 1 heterocycles. The van der Waals surface area contributed by atoms with E-state index in [2.05, 4.69) is 58.8 Å². The van der Waals surface area contributed by atoms with Crippen molar-refractivity contribution in [3.05, 3.63) is 64.7 Å². The van der Waals surface area contributed by atoms with Crippen LogP contribution in [0.15, 0.2) is 42.5 Å². The van der Waals surface area contributed by atoms with Gasteiger partial charge in [-0.1, -0.05) is 49.4 Å². The number of fused-ring (bicyclic) bond motifs is 3. The maximum atomic E-state index is 8.87. The van der Waals surface area contributed by atoms with Gasteiger partial charge in [-0.25, -0.2) is 0 Å². The molecule has 2 N–H and O–H groups in total. The third-order valence-electron chi connectivity index (χ3n) is 6.79. The van der Waals surface area contributed by atoms with Crippen LogP contribution in [-0.4, -0.2) is 16.2 Å². The molecule has 2 aliphatic carbocycles. The maximum Gasteiger partial charge on any atom is 0.0962 e. The highest BCUT2D eigenvalue weighted by Gasteiger charge is 2.25. The molecule has 0 atom stereocenters. The smallest absolute Gasteiger partial charge is 0.0962 e. The summed E-state index contributed by atoms with van der Waals surface area (Å²) in [4.78, 5) is 0. The fourth-order valence-electron chi connectivity index (χ4n) is 4.93. The van der Waals surface area contributed by atoms with Crippen LogP contribution >= 0.6 is 0 Å². The number of rotatable bonds is 5. The Morgan fingerprint density at radius 1 is 1.07 bits per heavy atom. The zero-order valence-corrected chi connectivity index (χ0v) is 17.5. The normalized spacial score (nSPS) is 19.9. The van der Waals surface area contributed by atoms with E-state index >= 15 is 0 Å². The second-order valence-electron chi connectivity index (χ2n) is 8.96. The molecule has 0 aliphatic heterocycles. The molecule has 30 heavy (non-hydrogen) atoms. The third kappa shape index (κ3) is 3.66. The summed E-state index contributed by atoms with van der Waals surface area (Å²) in [6, 6.07) is 17.9. The predicted molar refractivity (Wildman–Crippen MR) is 120 cm³/mol. The van der Waals surface area contributed by atoms with Crippen LogP contribution in [0.25, 0.3) is 22.5 Å². The summed E-state index contributed by atoms with van der Waals surface area (Å²) >= 11 is 0. The molecular formula is C26H28N4. The van der Waals surface area contributed by atoms with Crippen molar-refractivity contribution in [2.24, 2.45) is 5.92 Å². The standard InChI is InChI=1S/C26H28N4/c1-17-2-9-22(10-3-17)28-16-19-6-11-23-21(14-19)15-24-25(29-30-26(23)24)20-7-4-18(5-8-20)12-13-27/h4-8,11,14,17,22,28H,2-3,9-10,12,15-16H2,1H3,(H,29,30). The van der Waals surface area contributed by atoms with E-state index in [1.54, 1.807) is 0 Å². The highest BCUT2D eigenvalue weighted by molar-refractivity contribution is 5.81. The van der Waals surface area contributed by atoms with E-state index in [0.29, 0.717) is 12.5 Å². The van der Waals surface area contributed by atoms with Gasteiger partial charge < -0.3 is 5.32 Å². The SMILES string of the molecule is CC1CCC(NCc2ccc3c(c2)Cc2c(-c4ccc(CC#N)cc4)n[nH]c2-3)CC1. The van der Waals surface area contributed by atoms with Crippen molar-refractivity contribution < 1.29 is 0 Å². The Labute approximate surface area is 178 Å². The largest absolute Gasteiger partial charge is 0.310 e. The Balaban J connectivity index is 1.31. The topological polar surface area (TPSA) is 64.5 Å². The van der Waals surface area contributed by atoms with Crippen LogP contribution in [0.2, 0.25) is 0 Å². The summed E-state index contributed by atoms with van der Waals surface area (Å²) in [7, 11) is 0. The molecular weight excluding hydrogens is 368 g/mol. The Morgan fingerprint density at radius 3 is 2.60 bits per heavy atom. The zero-order valence-electron chi connectivity index (χ0n) is 17.5. The summed E-state index contributed by atoms with van der Waals surface area (Å²) in [5, 5.41) is 20.5. The van der Waals surface area contributed by atoms with Crippen molar-refractivity contribution in [2.45, 2.75) is 58.0 Å². The Hall–Kier alpha value is -2.90. The predicted octanol–water partition coefficient (Wildman–Crippen LogP) is 5.38. The van der Waals surface area contributed by atoms with Crippen LogP contribution in [0.3, 0.4) is 0 Å². The Morgan fingerprint density at radius 2 is 1.83 bits per heavy atom. The highest BCUT2D eigenvalue weighted by Crippen LogP contribution is 2.40. The van der Waals surface area contributed by atoms with Gasteiger partial charge in [-0.3, -0.25) is 5.10 Å². The molecule has 4 heteroatoms. The lowest BCUT2D eigenvalue weighted by Gasteiger charge is -2.27. The summed E-state index contributed by atoms with van der Waals surface area (Å²) in [5.74, 6) is 0.891. The van der Waals surface area contributed by atoms with Crippen molar-refractivity contribution in [2.75, 3.05) is 0 Å². The number of nitrogens with zero attached hydrogens (tertiary/aromatic N) is 2. The molecule has 2 aromatic carbocycles. The molecule has 0 unspecified atom stereocenters. The van der Waals surface area contributed by atoms with E-state index in [4.69, 9.17) is 5.26 Å². The number of aromatic nitrogens is 2. The first-order valence-corrected chi connectivity index (χ1v) is 11.1. The van der Waals surface area contributed by atoms with Crippen molar-refractivity contribution in [3.63, 3.8) is 0 Å². The van der Waals surface area contributed by atoms with Crippen LogP contribution in [0.1, 0.15) is 54.9 Å². The van der Waals surface area contributed by atoms with Gasteiger partial charge in [-0.05, 0) is 48.3 Å². The second-order valence-corrected chi connectivity index (χ2v) is 8.96. The number of nitriles is 1. The number of hydrogen-bond donors (Lipinski definition) is 2. The number of aromatic amines is 1. The monoisotopic (exact) mass is 396 g/mol. The van der Waals surface area contributed by atoms with Gasteiger partial charge in [0, 0.05) is 35.7 Å². The summed E-state index contributed by atoms with van der Waals surface area (Å²) in [6.07, 6.45) is 6.68. The molecule has 2 aliphatic rings. The van der Waals surface area contributed by atoms with Gasteiger partial charge in [0.2, 0.25) is 0 Å². The molecule has 0 amide bonds. The second kappa shape index (κ2) is 8.08. The highest BCUT2D eigenvalue weighted by atomic mass is 15.1. The number of hydrogen-bond acceptors (Lipinski definition) is 3. The molecule has 152 valence electrons. The minimum Gasteiger partial charge on any atom is -0.310 e. The Bertz CT molecular complexity index is 1080. The minimum atomic E-state index is 0.446. The Kier molecular flexibility index (Phi) is 5.14. The van der Waals surface area contributed by atoms with Crippen molar-refractivity contribution in [3.8, 4) is 28.6 Å². The molecule has 0 saturated heterocycles. The van der Waals surface area contributed by atoms with Crippen LogP contribution in [0.5, 0.6) is 0 Å². The van der Waals surface area contributed by atoms with Gasteiger partial charge in [-0.2, -0.15) is 10.4 Å². The van der Waals surface area contributed by atoms with Crippen molar-refractivity contribution in [1.82, 2.24) is 15.5 Å². The van der Waals surface area contributed by atoms with E-state index in [9.17, 15) is 0 Å². The van der Waals surface area contributed by atoms with Crippen LogP contribution < -0.4 is 5.32 Å². The van der Waals surface area contributed by atoms with Gasteiger partial charge in [0.1, 0.15) is 0 Å². The van der Waals surface area contributed by atoms with Gasteiger partial charge in [0.05, 0.1) is 23.9 Å². The third-order valence-corrected chi connectivity index (χ3v) is 6.79. The lowest BCUT2D eigenvalue weighted by Crippen LogP contribution is -2.32. The quantitative estimate of drug-likeness (QED) is 0.476. The van der Waals surface area contributed by atoms with Crippen LogP contribution in [-0.2, 0) is 19.4 Å². The summed E-state index contributed by atoms with van der Waals surface area (Å²) < 4.78 is 0. The summed E-state index contributed by atoms with van der Waals surface area (Å²) in [6.45, 7) is 3.32. The molecule has 4 nitrogen and oxygen atoms in total. The lowest BCUT2D eigenvalue weighted by atomic mass is 9.87. The van der Waals surface area contributed by atoms with E-state index in [-0.39, 0.29) is 0 Å². The van der Waals surface area contributed by atoms with Crippen LogP contribution in [0, 0.1) is 17.2 Å². The molecule has 1 aromatic heterocycles. The van der Waals surface area contributed by atoms with E-state index < -0.39 is 0 Å².